The second-order valence-corrected chi connectivity index (χ2v) is 6.01. The second kappa shape index (κ2) is 13.5. The predicted molar refractivity (Wildman–Crippen MR) is 86.7 cm³/mol. The number of methoxy groups -OCH3 is 1. The van der Waals surface area contributed by atoms with Gasteiger partial charge in [0.25, 0.3) is 0 Å². The van der Waals surface area contributed by atoms with Gasteiger partial charge in [-0.1, -0.05) is 32.6 Å². The van der Waals surface area contributed by atoms with Gasteiger partial charge in [-0.2, -0.15) is 0 Å². The van der Waals surface area contributed by atoms with Crippen molar-refractivity contribution in [2.24, 2.45) is 11.8 Å². The van der Waals surface area contributed by atoms with Crippen molar-refractivity contribution < 1.29 is 14.2 Å². The van der Waals surface area contributed by atoms with Crippen molar-refractivity contribution in [1.29, 1.82) is 0 Å². The van der Waals surface area contributed by atoms with Crippen LogP contribution in [0, 0.1) is 11.8 Å². The van der Waals surface area contributed by atoms with E-state index in [-0.39, 0.29) is 0 Å². The number of nitrogens with one attached hydrogen (secondary N) is 1. The van der Waals surface area contributed by atoms with Crippen LogP contribution in [0.4, 0.5) is 0 Å². The SMILES string of the molecule is CCCNCC(CCOCCOCCOC)C1CCCC1. The molecule has 0 saturated heterocycles. The molecule has 1 aliphatic rings. The normalized spacial score (nSPS) is 17.4. The molecule has 1 saturated carbocycles. The lowest BCUT2D eigenvalue weighted by atomic mass is 9.88. The Hall–Kier alpha value is -0.160. The fourth-order valence-electron chi connectivity index (χ4n) is 3.10. The quantitative estimate of drug-likeness (QED) is 0.501. The minimum Gasteiger partial charge on any atom is -0.382 e. The van der Waals surface area contributed by atoms with Crippen molar-refractivity contribution in [1.82, 2.24) is 5.32 Å². The van der Waals surface area contributed by atoms with Crippen LogP contribution in [0.15, 0.2) is 0 Å². The van der Waals surface area contributed by atoms with Crippen molar-refractivity contribution in [2.45, 2.75) is 45.4 Å². The van der Waals surface area contributed by atoms with Gasteiger partial charge in [0.15, 0.2) is 0 Å². The maximum absolute atomic E-state index is 5.72. The van der Waals surface area contributed by atoms with Gasteiger partial charge in [-0.3, -0.25) is 0 Å². The molecule has 21 heavy (non-hydrogen) atoms. The van der Waals surface area contributed by atoms with Gasteiger partial charge >= 0.3 is 0 Å². The largest absolute Gasteiger partial charge is 0.382 e. The highest BCUT2D eigenvalue weighted by Gasteiger charge is 2.24. The third-order valence-corrected chi connectivity index (χ3v) is 4.34. The monoisotopic (exact) mass is 301 g/mol. The Labute approximate surface area is 130 Å². The van der Waals surface area contributed by atoms with Crippen LogP contribution < -0.4 is 5.32 Å². The molecule has 0 aromatic heterocycles. The lowest BCUT2D eigenvalue weighted by molar-refractivity contribution is 0.0202. The van der Waals surface area contributed by atoms with Gasteiger partial charge in [-0.15, -0.1) is 0 Å². The molecule has 1 atom stereocenters. The molecule has 1 aliphatic carbocycles. The summed E-state index contributed by atoms with van der Waals surface area (Å²) in [5, 5.41) is 3.59. The molecule has 0 aromatic carbocycles. The predicted octanol–water partition coefficient (Wildman–Crippen LogP) is 2.86. The van der Waals surface area contributed by atoms with Gasteiger partial charge in [0.2, 0.25) is 0 Å². The fraction of sp³-hybridized carbons (Fsp3) is 1.00. The molecule has 4 nitrogen and oxygen atoms in total. The fourth-order valence-corrected chi connectivity index (χ4v) is 3.10. The summed E-state index contributed by atoms with van der Waals surface area (Å²) in [6.07, 6.45) is 8.07. The van der Waals surface area contributed by atoms with Crippen molar-refractivity contribution in [2.75, 3.05) is 53.2 Å². The highest BCUT2D eigenvalue weighted by atomic mass is 16.5. The van der Waals surface area contributed by atoms with Crippen molar-refractivity contribution in [3.63, 3.8) is 0 Å². The first-order valence-electron chi connectivity index (χ1n) is 8.73. The van der Waals surface area contributed by atoms with E-state index in [1.54, 1.807) is 7.11 Å². The average Bonchev–Trinajstić information content (AvgIpc) is 3.02. The number of ether oxygens (including phenoxy) is 3. The zero-order valence-electron chi connectivity index (χ0n) is 14.1. The van der Waals surface area contributed by atoms with Gasteiger partial charge in [0.05, 0.1) is 26.4 Å². The van der Waals surface area contributed by atoms with Gasteiger partial charge in [0.1, 0.15) is 0 Å². The summed E-state index contributed by atoms with van der Waals surface area (Å²) in [7, 11) is 1.69. The molecule has 0 radical (unpaired) electrons. The summed E-state index contributed by atoms with van der Waals surface area (Å²) in [5.41, 5.74) is 0. The topological polar surface area (TPSA) is 39.7 Å². The molecular formula is C17H35NO3. The lowest BCUT2D eigenvalue weighted by Gasteiger charge is -2.24. The van der Waals surface area contributed by atoms with Crippen molar-refractivity contribution in [3.8, 4) is 0 Å². The molecule has 0 aliphatic heterocycles. The van der Waals surface area contributed by atoms with Gasteiger partial charge in [-0.05, 0) is 37.8 Å². The van der Waals surface area contributed by atoms with E-state index in [4.69, 9.17) is 14.2 Å². The van der Waals surface area contributed by atoms with E-state index in [9.17, 15) is 0 Å². The van der Waals surface area contributed by atoms with Crippen LogP contribution in [0.3, 0.4) is 0 Å². The van der Waals surface area contributed by atoms with Gasteiger partial charge < -0.3 is 19.5 Å². The van der Waals surface area contributed by atoms with Gasteiger partial charge in [0, 0.05) is 13.7 Å². The van der Waals surface area contributed by atoms with E-state index < -0.39 is 0 Å². The summed E-state index contributed by atoms with van der Waals surface area (Å²) in [6.45, 7) is 8.07. The van der Waals surface area contributed by atoms with E-state index in [2.05, 4.69) is 12.2 Å². The number of hydrogen-bond acceptors (Lipinski definition) is 4. The molecule has 1 fully saturated rings. The second-order valence-electron chi connectivity index (χ2n) is 6.01. The molecule has 0 bridgehead atoms. The van der Waals surface area contributed by atoms with Gasteiger partial charge in [-0.25, -0.2) is 0 Å². The van der Waals surface area contributed by atoms with Crippen LogP contribution in [-0.2, 0) is 14.2 Å². The highest BCUT2D eigenvalue weighted by molar-refractivity contribution is 4.77. The molecule has 4 heteroatoms. The summed E-state index contributed by atoms with van der Waals surface area (Å²) < 4.78 is 16.0. The highest BCUT2D eigenvalue weighted by Crippen LogP contribution is 2.32. The van der Waals surface area contributed by atoms with E-state index in [0.717, 1.165) is 31.5 Å². The van der Waals surface area contributed by atoms with E-state index in [1.165, 1.54) is 38.5 Å². The Morgan fingerprint density at radius 1 is 1.00 bits per heavy atom. The Morgan fingerprint density at radius 3 is 2.33 bits per heavy atom. The molecule has 0 spiro atoms. The zero-order chi connectivity index (χ0) is 15.2. The minimum atomic E-state index is 0.658. The van der Waals surface area contributed by atoms with Crippen molar-refractivity contribution >= 4 is 0 Å². The molecule has 0 heterocycles. The first-order chi connectivity index (χ1) is 10.4. The summed E-state index contributed by atoms with van der Waals surface area (Å²) in [5.74, 6) is 1.70. The molecule has 1 N–H and O–H groups in total. The van der Waals surface area contributed by atoms with E-state index in [0.29, 0.717) is 26.4 Å². The van der Waals surface area contributed by atoms with Crippen LogP contribution in [0.25, 0.3) is 0 Å². The van der Waals surface area contributed by atoms with Crippen LogP contribution in [-0.4, -0.2) is 53.2 Å². The van der Waals surface area contributed by atoms with Crippen LogP contribution in [0.5, 0.6) is 0 Å². The summed E-state index contributed by atoms with van der Waals surface area (Å²) >= 11 is 0. The standard InChI is InChI=1S/C17H35NO3/c1-3-9-18-15-17(16-6-4-5-7-16)8-10-20-13-14-21-12-11-19-2/h16-18H,3-15H2,1-2H3. The van der Waals surface area contributed by atoms with Crippen LogP contribution in [0.2, 0.25) is 0 Å². The van der Waals surface area contributed by atoms with Crippen LogP contribution >= 0.6 is 0 Å². The Bertz CT molecular complexity index is 220. The average molecular weight is 301 g/mol. The molecule has 126 valence electrons. The number of hydrogen-bond donors (Lipinski definition) is 1. The maximum atomic E-state index is 5.72. The Balaban J connectivity index is 2.05. The first kappa shape index (κ1) is 18.9. The molecule has 1 rings (SSSR count). The summed E-state index contributed by atoms with van der Waals surface area (Å²) in [6, 6.07) is 0. The van der Waals surface area contributed by atoms with E-state index in [1.807, 2.05) is 0 Å². The van der Waals surface area contributed by atoms with Crippen LogP contribution in [0.1, 0.15) is 45.4 Å². The molecule has 1 unspecified atom stereocenters. The Morgan fingerprint density at radius 2 is 1.67 bits per heavy atom. The smallest absolute Gasteiger partial charge is 0.0701 e. The molecule has 0 amide bonds. The minimum absolute atomic E-state index is 0.658. The zero-order valence-corrected chi connectivity index (χ0v) is 14.1. The third-order valence-electron chi connectivity index (χ3n) is 4.34. The summed E-state index contributed by atoms with van der Waals surface area (Å²) in [4.78, 5) is 0. The maximum Gasteiger partial charge on any atom is 0.0701 e. The molecular weight excluding hydrogens is 266 g/mol. The third kappa shape index (κ3) is 9.46. The van der Waals surface area contributed by atoms with E-state index >= 15 is 0 Å². The first-order valence-corrected chi connectivity index (χ1v) is 8.73. The lowest BCUT2D eigenvalue weighted by Crippen LogP contribution is -2.29. The number of rotatable bonds is 14. The molecule has 0 aromatic rings. The Kier molecular flexibility index (Phi) is 12.1. The van der Waals surface area contributed by atoms with Crippen molar-refractivity contribution in [3.05, 3.63) is 0 Å².